The maximum absolute atomic E-state index is 11.0. The van der Waals surface area contributed by atoms with Crippen molar-refractivity contribution in [2.24, 2.45) is 11.3 Å². The molecule has 0 saturated heterocycles. The zero-order valence-electron chi connectivity index (χ0n) is 10.7. The van der Waals surface area contributed by atoms with E-state index in [0.29, 0.717) is 17.9 Å². The third-order valence-electron chi connectivity index (χ3n) is 3.39. The van der Waals surface area contributed by atoms with E-state index in [-0.39, 0.29) is 0 Å². The van der Waals surface area contributed by atoms with Crippen LogP contribution in [0.3, 0.4) is 0 Å². The summed E-state index contributed by atoms with van der Waals surface area (Å²) in [6, 6.07) is 0. The van der Waals surface area contributed by atoms with Gasteiger partial charge < -0.3 is 9.84 Å². The van der Waals surface area contributed by atoms with Crippen molar-refractivity contribution in [3.8, 4) is 0 Å². The summed E-state index contributed by atoms with van der Waals surface area (Å²) in [6.45, 7) is 4.90. The first-order valence-corrected chi connectivity index (χ1v) is 6.26. The molecule has 0 heterocycles. The highest BCUT2D eigenvalue weighted by Crippen LogP contribution is 2.39. The number of carbonyl (C=O) groups is 2. The molecule has 4 heteroatoms. The molecule has 0 aliphatic heterocycles. The van der Waals surface area contributed by atoms with E-state index in [9.17, 15) is 9.59 Å². The van der Waals surface area contributed by atoms with Crippen LogP contribution < -0.4 is 0 Å². The molecule has 0 radical (unpaired) electrons. The van der Waals surface area contributed by atoms with Gasteiger partial charge in [-0.05, 0) is 30.6 Å². The Bertz CT molecular complexity index is 283. The van der Waals surface area contributed by atoms with Gasteiger partial charge in [-0.25, -0.2) is 0 Å². The van der Waals surface area contributed by atoms with Crippen molar-refractivity contribution in [1.29, 1.82) is 0 Å². The average molecular weight is 242 g/mol. The van der Waals surface area contributed by atoms with Crippen molar-refractivity contribution in [3.05, 3.63) is 0 Å². The van der Waals surface area contributed by atoms with Crippen LogP contribution in [0, 0.1) is 11.3 Å². The summed E-state index contributed by atoms with van der Waals surface area (Å²) in [5.41, 5.74) is 0.397. The number of hydrogen-bond acceptors (Lipinski definition) is 3. The molecule has 0 amide bonds. The average Bonchev–Trinajstić information content (AvgIpc) is 2.14. The van der Waals surface area contributed by atoms with Crippen molar-refractivity contribution >= 4 is 11.9 Å². The van der Waals surface area contributed by atoms with E-state index in [1.165, 1.54) is 25.7 Å². The maximum Gasteiger partial charge on any atom is 0.317 e. The highest BCUT2D eigenvalue weighted by atomic mass is 16.5. The minimum absolute atomic E-state index is 0.354. The van der Waals surface area contributed by atoms with E-state index >= 15 is 0 Å². The quantitative estimate of drug-likeness (QED) is 0.594. The lowest BCUT2D eigenvalue weighted by Gasteiger charge is -2.35. The minimum atomic E-state index is -1.13. The van der Waals surface area contributed by atoms with Crippen LogP contribution >= 0.6 is 0 Å². The lowest BCUT2D eigenvalue weighted by atomic mass is 9.71. The number of carboxylic acids is 1. The Labute approximate surface area is 102 Å². The smallest absolute Gasteiger partial charge is 0.317 e. The number of esters is 1. The number of rotatable bonds is 5. The van der Waals surface area contributed by atoms with Crippen LogP contribution in [0.4, 0.5) is 0 Å². The molecular formula is C13H22O4. The predicted octanol–water partition coefficient (Wildman–Crippen LogP) is 2.61. The molecule has 4 nitrogen and oxygen atoms in total. The first kappa shape index (κ1) is 14.0. The van der Waals surface area contributed by atoms with Crippen LogP contribution in [0.2, 0.25) is 0 Å². The zero-order valence-corrected chi connectivity index (χ0v) is 10.7. The van der Waals surface area contributed by atoms with Crippen LogP contribution in [-0.4, -0.2) is 23.7 Å². The van der Waals surface area contributed by atoms with Gasteiger partial charge in [0.05, 0.1) is 6.61 Å². The Kier molecular flexibility index (Phi) is 4.97. The van der Waals surface area contributed by atoms with Crippen molar-refractivity contribution in [2.45, 2.75) is 52.4 Å². The minimum Gasteiger partial charge on any atom is -0.481 e. The van der Waals surface area contributed by atoms with Gasteiger partial charge in [-0.15, -0.1) is 0 Å². The van der Waals surface area contributed by atoms with Gasteiger partial charge >= 0.3 is 11.9 Å². The summed E-state index contributed by atoms with van der Waals surface area (Å²) in [6.07, 6.45) is 5.19. The second kappa shape index (κ2) is 6.03. The summed E-state index contributed by atoms with van der Waals surface area (Å²) in [4.78, 5) is 21.3. The molecular weight excluding hydrogens is 220 g/mol. The fourth-order valence-corrected chi connectivity index (χ4v) is 2.62. The third kappa shape index (κ3) is 5.71. The first-order chi connectivity index (χ1) is 7.89. The van der Waals surface area contributed by atoms with Crippen LogP contribution in [0.1, 0.15) is 52.4 Å². The fourth-order valence-electron chi connectivity index (χ4n) is 2.62. The summed E-state index contributed by atoms with van der Waals surface area (Å²) in [5.74, 6) is -1.15. The van der Waals surface area contributed by atoms with Gasteiger partial charge in [-0.1, -0.05) is 26.7 Å². The number of carboxylic acid groups (broad SMARTS) is 1. The third-order valence-corrected chi connectivity index (χ3v) is 3.39. The molecule has 0 spiro atoms. The highest BCUT2D eigenvalue weighted by Gasteiger charge is 2.27. The van der Waals surface area contributed by atoms with E-state index in [4.69, 9.17) is 9.84 Å². The van der Waals surface area contributed by atoms with Crippen LogP contribution in [-0.2, 0) is 14.3 Å². The molecule has 98 valence electrons. The topological polar surface area (TPSA) is 63.6 Å². The Morgan fingerprint density at radius 1 is 1.41 bits per heavy atom. The van der Waals surface area contributed by atoms with Crippen molar-refractivity contribution in [2.75, 3.05) is 6.61 Å². The number of carbonyl (C=O) groups excluding carboxylic acids is 1. The van der Waals surface area contributed by atoms with Crippen molar-refractivity contribution in [3.63, 3.8) is 0 Å². The molecule has 0 aromatic heterocycles. The molecule has 1 aliphatic rings. The van der Waals surface area contributed by atoms with E-state index in [2.05, 4.69) is 13.8 Å². The SMILES string of the molecule is CC1(C)CCCC(CCOC(=O)CC(=O)O)C1. The van der Waals surface area contributed by atoms with E-state index in [1.54, 1.807) is 0 Å². The lowest BCUT2D eigenvalue weighted by Crippen LogP contribution is -2.24. The Morgan fingerprint density at radius 2 is 2.12 bits per heavy atom. The summed E-state index contributed by atoms with van der Waals surface area (Å²) >= 11 is 0. The second-order valence-electron chi connectivity index (χ2n) is 5.71. The molecule has 17 heavy (non-hydrogen) atoms. The van der Waals surface area contributed by atoms with Crippen molar-refractivity contribution in [1.82, 2.24) is 0 Å². The van der Waals surface area contributed by atoms with Gasteiger partial charge in [-0.2, -0.15) is 0 Å². The molecule has 1 unspecified atom stereocenters. The van der Waals surface area contributed by atoms with Gasteiger partial charge in [0, 0.05) is 0 Å². The molecule has 0 bridgehead atoms. The summed E-state index contributed by atoms with van der Waals surface area (Å²) in [7, 11) is 0. The summed E-state index contributed by atoms with van der Waals surface area (Å²) < 4.78 is 4.90. The number of hydrogen-bond donors (Lipinski definition) is 1. The predicted molar refractivity (Wildman–Crippen MR) is 63.6 cm³/mol. The van der Waals surface area contributed by atoms with Gasteiger partial charge in [0.1, 0.15) is 6.42 Å². The van der Waals surface area contributed by atoms with Crippen LogP contribution in [0.25, 0.3) is 0 Å². The number of ether oxygens (including phenoxy) is 1. The van der Waals surface area contributed by atoms with Crippen LogP contribution in [0.15, 0.2) is 0 Å². The summed E-state index contributed by atoms with van der Waals surface area (Å²) in [5, 5.41) is 8.40. The van der Waals surface area contributed by atoms with Gasteiger partial charge in [0.2, 0.25) is 0 Å². The normalized spacial score (nSPS) is 23.1. The molecule has 0 aromatic rings. The Morgan fingerprint density at radius 3 is 2.71 bits per heavy atom. The zero-order chi connectivity index (χ0) is 12.9. The standard InChI is InChI=1S/C13H22O4/c1-13(2)6-3-4-10(9-13)5-7-17-12(16)8-11(14)15/h10H,3-9H2,1-2H3,(H,14,15). The van der Waals surface area contributed by atoms with E-state index in [0.717, 1.165) is 6.42 Å². The Balaban J connectivity index is 2.18. The second-order valence-corrected chi connectivity index (χ2v) is 5.71. The van der Waals surface area contributed by atoms with Crippen molar-refractivity contribution < 1.29 is 19.4 Å². The lowest BCUT2D eigenvalue weighted by molar-refractivity contribution is -0.151. The van der Waals surface area contributed by atoms with Gasteiger partial charge in [0.15, 0.2) is 0 Å². The molecule has 0 aromatic carbocycles. The maximum atomic E-state index is 11.0. The van der Waals surface area contributed by atoms with E-state index < -0.39 is 18.4 Å². The van der Waals surface area contributed by atoms with Crippen LogP contribution in [0.5, 0.6) is 0 Å². The largest absolute Gasteiger partial charge is 0.481 e. The molecule has 1 saturated carbocycles. The molecule has 1 aliphatic carbocycles. The fraction of sp³-hybridized carbons (Fsp3) is 0.846. The van der Waals surface area contributed by atoms with E-state index in [1.807, 2.05) is 0 Å². The molecule has 1 atom stereocenters. The number of aliphatic carboxylic acids is 1. The molecule has 1 N–H and O–H groups in total. The van der Waals surface area contributed by atoms with Gasteiger partial charge in [-0.3, -0.25) is 9.59 Å². The molecule has 1 fully saturated rings. The molecule has 1 rings (SSSR count). The highest BCUT2D eigenvalue weighted by molar-refractivity contribution is 5.90. The first-order valence-electron chi connectivity index (χ1n) is 6.26. The Hall–Kier alpha value is -1.06. The monoisotopic (exact) mass is 242 g/mol. The van der Waals surface area contributed by atoms with Gasteiger partial charge in [0.25, 0.3) is 0 Å².